The van der Waals surface area contributed by atoms with E-state index < -0.39 is 5.82 Å². The molecule has 0 saturated carbocycles. The minimum atomic E-state index is -0.655. The van der Waals surface area contributed by atoms with Gasteiger partial charge in [-0.15, -0.1) is 0 Å². The van der Waals surface area contributed by atoms with Crippen molar-refractivity contribution in [3.8, 4) is 17.6 Å². The molecule has 5 heteroatoms. The van der Waals surface area contributed by atoms with Crippen molar-refractivity contribution in [3.63, 3.8) is 0 Å². The van der Waals surface area contributed by atoms with Gasteiger partial charge in [0.2, 0.25) is 0 Å². The van der Waals surface area contributed by atoms with Crippen LogP contribution in [0.25, 0.3) is 0 Å². The van der Waals surface area contributed by atoms with Crippen LogP contribution in [0.4, 0.5) is 4.39 Å². The summed E-state index contributed by atoms with van der Waals surface area (Å²) in [5.74, 6) is -0.395. The fourth-order valence-corrected chi connectivity index (χ4v) is 1.61. The number of rotatable bonds is 3. The summed E-state index contributed by atoms with van der Waals surface area (Å²) in [5, 5.41) is 9.13. The van der Waals surface area contributed by atoms with Crippen molar-refractivity contribution in [3.05, 3.63) is 58.4 Å². The molecule has 2 aromatic rings. The van der Waals surface area contributed by atoms with Crippen LogP contribution in [0.5, 0.6) is 11.5 Å². The first kappa shape index (κ1) is 13.1. The Morgan fingerprint density at radius 2 is 2.05 bits per heavy atom. The molecular formula is C14H7ClFNO2. The predicted octanol–water partition coefficient (Wildman–Crippen LogP) is 3.96. The van der Waals surface area contributed by atoms with Crippen LogP contribution in [0.2, 0.25) is 5.02 Å². The molecule has 0 aliphatic rings. The van der Waals surface area contributed by atoms with Crippen molar-refractivity contribution < 1.29 is 13.9 Å². The molecule has 0 aromatic heterocycles. The maximum absolute atomic E-state index is 13.6. The van der Waals surface area contributed by atoms with Crippen molar-refractivity contribution in [2.24, 2.45) is 0 Å². The molecule has 0 atom stereocenters. The maximum Gasteiger partial charge on any atom is 0.166 e. The molecule has 0 bridgehead atoms. The summed E-state index contributed by atoms with van der Waals surface area (Å²) in [6.45, 7) is 0. The molecule has 2 aromatic carbocycles. The Kier molecular flexibility index (Phi) is 3.79. The van der Waals surface area contributed by atoms with Crippen LogP contribution in [0.3, 0.4) is 0 Å². The van der Waals surface area contributed by atoms with Crippen LogP contribution in [0.15, 0.2) is 36.4 Å². The third kappa shape index (κ3) is 2.90. The van der Waals surface area contributed by atoms with Crippen LogP contribution < -0.4 is 4.74 Å². The molecule has 0 radical (unpaired) electrons. The molecule has 0 aliphatic carbocycles. The minimum Gasteiger partial charge on any atom is -0.454 e. The molecule has 0 saturated heterocycles. The van der Waals surface area contributed by atoms with E-state index in [1.165, 1.54) is 30.3 Å². The Labute approximate surface area is 113 Å². The van der Waals surface area contributed by atoms with E-state index in [0.717, 1.165) is 6.07 Å². The standard InChI is InChI=1S/C14H7ClFNO2/c15-12-3-2-11(6-10(12)7-17)19-14-4-1-9(8-18)5-13(14)16/h1-6,8H. The number of halogens is 2. The average molecular weight is 276 g/mol. The van der Waals surface area contributed by atoms with Gasteiger partial charge in [0.05, 0.1) is 10.6 Å². The highest BCUT2D eigenvalue weighted by Gasteiger charge is 2.08. The number of benzene rings is 2. The molecule has 0 unspecified atom stereocenters. The molecule has 19 heavy (non-hydrogen) atoms. The number of carbonyl (C=O) groups excluding carboxylic acids is 1. The Morgan fingerprint density at radius 3 is 2.68 bits per heavy atom. The zero-order chi connectivity index (χ0) is 13.8. The van der Waals surface area contributed by atoms with Crippen LogP contribution >= 0.6 is 11.6 Å². The average Bonchev–Trinajstić information content (AvgIpc) is 2.43. The second kappa shape index (κ2) is 5.51. The predicted molar refractivity (Wildman–Crippen MR) is 68.0 cm³/mol. The third-order valence-corrected chi connectivity index (χ3v) is 2.71. The van der Waals surface area contributed by atoms with E-state index in [4.69, 9.17) is 21.6 Å². The number of hydrogen-bond donors (Lipinski definition) is 0. The summed E-state index contributed by atoms with van der Waals surface area (Å²) in [6.07, 6.45) is 0.545. The van der Waals surface area contributed by atoms with Gasteiger partial charge >= 0.3 is 0 Å². The SMILES string of the molecule is N#Cc1cc(Oc2ccc(C=O)cc2F)ccc1Cl. The van der Waals surface area contributed by atoms with Gasteiger partial charge in [-0.1, -0.05) is 11.6 Å². The van der Waals surface area contributed by atoms with E-state index in [0.29, 0.717) is 17.1 Å². The molecular weight excluding hydrogens is 269 g/mol. The van der Waals surface area contributed by atoms with Gasteiger partial charge in [0.1, 0.15) is 18.1 Å². The Bertz CT molecular complexity index is 680. The normalized spacial score (nSPS) is 9.74. The van der Waals surface area contributed by atoms with E-state index in [9.17, 15) is 9.18 Å². The van der Waals surface area contributed by atoms with Crippen molar-refractivity contribution in [1.29, 1.82) is 5.26 Å². The fraction of sp³-hybridized carbons (Fsp3) is 0. The van der Waals surface area contributed by atoms with Crippen LogP contribution in [0, 0.1) is 17.1 Å². The summed E-state index contributed by atoms with van der Waals surface area (Å²) >= 11 is 5.78. The second-order valence-electron chi connectivity index (χ2n) is 3.66. The topological polar surface area (TPSA) is 50.1 Å². The highest BCUT2D eigenvalue weighted by Crippen LogP contribution is 2.28. The van der Waals surface area contributed by atoms with Crippen molar-refractivity contribution in [2.45, 2.75) is 0 Å². The summed E-state index contributed by atoms with van der Waals surface area (Å²) in [4.78, 5) is 10.5. The summed E-state index contributed by atoms with van der Waals surface area (Å²) in [6, 6.07) is 10.2. The van der Waals surface area contributed by atoms with E-state index >= 15 is 0 Å². The molecule has 0 aliphatic heterocycles. The second-order valence-corrected chi connectivity index (χ2v) is 4.07. The first-order valence-corrected chi connectivity index (χ1v) is 5.64. The molecule has 0 heterocycles. The number of carbonyl (C=O) groups is 1. The van der Waals surface area contributed by atoms with Gasteiger partial charge in [-0.2, -0.15) is 5.26 Å². The number of nitrogens with zero attached hydrogens (tertiary/aromatic N) is 1. The lowest BCUT2D eigenvalue weighted by Crippen LogP contribution is -1.91. The van der Waals surface area contributed by atoms with Gasteiger partial charge in [0.15, 0.2) is 11.6 Å². The van der Waals surface area contributed by atoms with Gasteiger partial charge in [0.25, 0.3) is 0 Å². The smallest absolute Gasteiger partial charge is 0.166 e. The molecule has 3 nitrogen and oxygen atoms in total. The molecule has 2 rings (SSSR count). The highest BCUT2D eigenvalue weighted by atomic mass is 35.5. The third-order valence-electron chi connectivity index (χ3n) is 2.38. The van der Waals surface area contributed by atoms with Gasteiger partial charge in [0, 0.05) is 11.6 Å². The van der Waals surface area contributed by atoms with Crippen molar-refractivity contribution >= 4 is 17.9 Å². The van der Waals surface area contributed by atoms with E-state index in [1.54, 1.807) is 0 Å². The van der Waals surface area contributed by atoms with Gasteiger partial charge < -0.3 is 4.74 Å². The molecule has 0 spiro atoms. The zero-order valence-corrected chi connectivity index (χ0v) is 10.3. The molecule has 0 N–H and O–H groups in total. The number of hydrogen-bond acceptors (Lipinski definition) is 3. The molecule has 0 fully saturated rings. The van der Waals surface area contributed by atoms with Crippen LogP contribution in [0.1, 0.15) is 15.9 Å². The molecule has 94 valence electrons. The van der Waals surface area contributed by atoms with Gasteiger partial charge in [-0.25, -0.2) is 4.39 Å². The first-order valence-electron chi connectivity index (χ1n) is 5.26. The van der Waals surface area contributed by atoms with E-state index in [1.807, 2.05) is 6.07 Å². The lowest BCUT2D eigenvalue weighted by Gasteiger charge is -2.07. The minimum absolute atomic E-state index is 0.0307. The summed E-state index contributed by atoms with van der Waals surface area (Å²) < 4.78 is 18.9. The summed E-state index contributed by atoms with van der Waals surface area (Å²) in [7, 11) is 0. The first-order chi connectivity index (χ1) is 9.13. The van der Waals surface area contributed by atoms with Crippen LogP contribution in [-0.4, -0.2) is 6.29 Å². The van der Waals surface area contributed by atoms with Crippen molar-refractivity contribution in [1.82, 2.24) is 0 Å². The van der Waals surface area contributed by atoms with E-state index in [-0.39, 0.29) is 16.9 Å². The number of nitriles is 1. The van der Waals surface area contributed by atoms with E-state index in [2.05, 4.69) is 0 Å². The van der Waals surface area contributed by atoms with Gasteiger partial charge in [-0.3, -0.25) is 4.79 Å². The maximum atomic E-state index is 13.6. The lowest BCUT2D eigenvalue weighted by molar-refractivity contribution is 0.112. The Balaban J connectivity index is 2.31. The van der Waals surface area contributed by atoms with Gasteiger partial charge in [-0.05, 0) is 30.3 Å². The number of aldehydes is 1. The highest BCUT2D eigenvalue weighted by molar-refractivity contribution is 6.31. The zero-order valence-electron chi connectivity index (χ0n) is 9.56. The molecule has 0 amide bonds. The van der Waals surface area contributed by atoms with Crippen LogP contribution in [-0.2, 0) is 0 Å². The largest absolute Gasteiger partial charge is 0.454 e. The number of ether oxygens (including phenoxy) is 1. The van der Waals surface area contributed by atoms with Crippen molar-refractivity contribution in [2.75, 3.05) is 0 Å². The Morgan fingerprint density at radius 1 is 1.26 bits per heavy atom. The monoisotopic (exact) mass is 275 g/mol. The Hall–Kier alpha value is -2.38. The lowest BCUT2D eigenvalue weighted by atomic mass is 10.2. The fourth-order valence-electron chi connectivity index (χ4n) is 1.45. The summed E-state index contributed by atoms with van der Waals surface area (Å²) in [5.41, 5.74) is 0.461. The quantitative estimate of drug-likeness (QED) is 0.797.